The summed E-state index contributed by atoms with van der Waals surface area (Å²) < 4.78 is 6.09. The van der Waals surface area contributed by atoms with E-state index in [1.807, 2.05) is 6.92 Å². The summed E-state index contributed by atoms with van der Waals surface area (Å²) in [5, 5.41) is 0. The monoisotopic (exact) mass is 264 g/mol. The van der Waals surface area contributed by atoms with Crippen LogP contribution in [-0.2, 0) is 0 Å². The Labute approximate surface area is 114 Å². The minimum Gasteiger partial charge on any atom is -0.474 e. The molecule has 1 saturated carbocycles. The van der Waals surface area contributed by atoms with Gasteiger partial charge in [-0.25, -0.2) is 15.8 Å². The van der Waals surface area contributed by atoms with E-state index in [1.165, 1.54) is 12.7 Å². The van der Waals surface area contributed by atoms with E-state index in [2.05, 4.69) is 36.2 Å². The summed E-state index contributed by atoms with van der Waals surface area (Å²) in [6.45, 7) is 8.82. The number of nitrogen functional groups attached to an aromatic ring is 1. The van der Waals surface area contributed by atoms with Gasteiger partial charge in [-0.05, 0) is 37.5 Å². The van der Waals surface area contributed by atoms with Crippen molar-refractivity contribution in [3.05, 3.63) is 11.9 Å². The van der Waals surface area contributed by atoms with Crippen LogP contribution in [0, 0.1) is 18.3 Å². The first-order chi connectivity index (χ1) is 8.91. The topological polar surface area (TPSA) is 73.1 Å². The zero-order chi connectivity index (χ0) is 14.0. The third-order valence-corrected chi connectivity index (χ3v) is 3.80. The number of rotatable bonds is 3. The summed E-state index contributed by atoms with van der Waals surface area (Å²) in [7, 11) is 0. The Kier molecular flexibility index (Phi) is 3.94. The Balaban J connectivity index is 2.13. The molecule has 0 radical (unpaired) electrons. The summed E-state index contributed by atoms with van der Waals surface area (Å²) in [5.41, 5.74) is 3.76. The maximum atomic E-state index is 6.09. The summed E-state index contributed by atoms with van der Waals surface area (Å²) in [6.07, 6.45) is 5.10. The Morgan fingerprint density at radius 1 is 1.37 bits per heavy atom. The number of hydrogen-bond donors (Lipinski definition) is 2. The maximum absolute atomic E-state index is 6.09. The fourth-order valence-corrected chi connectivity index (χ4v) is 3.20. The van der Waals surface area contributed by atoms with E-state index in [9.17, 15) is 0 Å². The molecule has 0 aliphatic heterocycles. The van der Waals surface area contributed by atoms with Crippen LogP contribution in [0.15, 0.2) is 6.33 Å². The van der Waals surface area contributed by atoms with E-state index < -0.39 is 0 Å². The van der Waals surface area contributed by atoms with Crippen molar-refractivity contribution in [2.24, 2.45) is 17.2 Å². The predicted octanol–water partition coefficient (Wildman–Crippen LogP) is 2.66. The number of nitrogens with one attached hydrogen (secondary N) is 1. The van der Waals surface area contributed by atoms with Crippen LogP contribution in [0.1, 0.15) is 45.6 Å². The molecule has 5 heteroatoms. The highest BCUT2D eigenvalue weighted by atomic mass is 16.5. The molecule has 0 amide bonds. The Morgan fingerprint density at radius 3 is 2.74 bits per heavy atom. The number of aromatic nitrogens is 2. The molecule has 1 heterocycles. The molecule has 3 N–H and O–H groups in total. The molecular formula is C14H24N4O. The highest BCUT2D eigenvalue weighted by Gasteiger charge is 2.33. The molecule has 0 spiro atoms. The van der Waals surface area contributed by atoms with E-state index >= 15 is 0 Å². The van der Waals surface area contributed by atoms with Crippen LogP contribution in [0.4, 0.5) is 5.82 Å². The van der Waals surface area contributed by atoms with Crippen molar-refractivity contribution in [3.8, 4) is 5.88 Å². The number of nitrogens with zero attached hydrogens (tertiary/aromatic N) is 2. The van der Waals surface area contributed by atoms with Crippen molar-refractivity contribution in [1.29, 1.82) is 0 Å². The second kappa shape index (κ2) is 5.33. The van der Waals surface area contributed by atoms with E-state index in [4.69, 9.17) is 10.6 Å². The molecular weight excluding hydrogens is 240 g/mol. The first-order valence-corrected chi connectivity index (χ1v) is 6.86. The highest BCUT2D eigenvalue weighted by Crippen LogP contribution is 2.40. The molecule has 19 heavy (non-hydrogen) atoms. The lowest BCUT2D eigenvalue weighted by Crippen LogP contribution is -2.34. The molecule has 5 nitrogen and oxygen atoms in total. The van der Waals surface area contributed by atoms with Gasteiger partial charge in [0.25, 0.3) is 0 Å². The summed E-state index contributed by atoms with van der Waals surface area (Å²) in [4.78, 5) is 8.29. The minimum absolute atomic E-state index is 0.220. The number of anilines is 1. The third kappa shape index (κ3) is 3.35. The SMILES string of the molecule is Cc1c(NN)ncnc1OC1CC(C)CC(C)(C)C1. The molecule has 2 rings (SSSR count). The van der Waals surface area contributed by atoms with Crippen molar-refractivity contribution in [1.82, 2.24) is 9.97 Å². The summed E-state index contributed by atoms with van der Waals surface area (Å²) in [5.74, 6) is 7.36. The van der Waals surface area contributed by atoms with Gasteiger partial charge in [-0.2, -0.15) is 0 Å². The normalized spacial score (nSPS) is 25.9. The zero-order valence-electron chi connectivity index (χ0n) is 12.2. The molecule has 2 unspecified atom stereocenters. The largest absolute Gasteiger partial charge is 0.474 e. The molecule has 0 bridgehead atoms. The number of hydrogen-bond acceptors (Lipinski definition) is 5. The highest BCUT2D eigenvalue weighted by molar-refractivity contribution is 5.46. The van der Waals surface area contributed by atoms with Gasteiger partial charge in [-0.3, -0.25) is 0 Å². The molecule has 0 aromatic carbocycles. The predicted molar refractivity (Wildman–Crippen MR) is 75.8 cm³/mol. The maximum Gasteiger partial charge on any atom is 0.221 e. The second-order valence-electron chi connectivity index (χ2n) is 6.45. The molecule has 1 aromatic heterocycles. The van der Waals surface area contributed by atoms with Gasteiger partial charge in [-0.15, -0.1) is 0 Å². The number of hydrazine groups is 1. The van der Waals surface area contributed by atoms with Crippen LogP contribution in [-0.4, -0.2) is 16.1 Å². The molecule has 106 valence electrons. The average Bonchev–Trinajstić information content (AvgIpc) is 2.29. The van der Waals surface area contributed by atoms with Crippen molar-refractivity contribution < 1.29 is 4.74 Å². The molecule has 0 saturated heterocycles. The van der Waals surface area contributed by atoms with Crippen LogP contribution < -0.4 is 16.0 Å². The molecule has 2 atom stereocenters. The third-order valence-electron chi connectivity index (χ3n) is 3.80. The Morgan fingerprint density at radius 2 is 2.11 bits per heavy atom. The zero-order valence-corrected chi connectivity index (χ0v) is 12.2. The van der Waals surface area contributed by atoms with E-state index in [0.717, 1.165) is 18.4 Å². The summed E-state index contributed by atoms with van der Waals surface area (Å²) >= 11 is 0. The van der Waals surface area contributed by atoms with Crippen LogP contribution in [0.2, 0.25) is 0 Å². The van der Waals surface area contributed by atoms with Crippen LogP contribution >= 0.6 is 0 Å². The first kappa shape index (κ1) is 14.1. The van der Waals surface area contributed by atoms with Crippen LogP contribution in [0.3, 0.4) is 0 Å². The van der Waals surface area contributed by atoms with Crippen molar-refractivity contribution in [3.63, 3.8) is 0 Å². The van der Waals surface area contributed by atoms with Crippen LogP contribution in [0.5, 0.6) is 5.88 Å². The van der Waals surface area contributed by atoms with Crippen LogP contribution in [0.25, 0.3) is 0 Å². The van der Waals surface area contributed by atoms with Gasteiger partial charge in [0, 0.05) is 0 Å². The number of nitrogens with two attached hydrogens (primary N) is 1. The van der Waals surface area contributed by atoms with E-state index in [1.54, 1.807) is 0 Å². The van der Waals surface area contributed by atoms with E-state index in [-0.39, 0.29) is 6.10 Å². The fraction of sp³-hybridized carbons (Fsp3) is 0.714. The van der Waals surface area contributed by atoms with Gasteiger partial charge in [0.05, 0.1) is 5.56 Å². The van der Waals surface area contributed by atoms with Gasteiger partial charge in [0.15, 0.2) is 0 Å². The Hall–Kier alpha value is -1.36. The van der Waals surface area contributed by atoms with Gasteiger partial charge in [-0.1, -0.05) is 20.8 Å². The Bertz CT molecular complexity index is 447. The van der Waals surface area contributed by atoms with Gasteiger partial charge >= 0.3 is 0 Å². The fourth-order valence-electron chi connectivity index (χ4n) is 3.20. The standard InChI is InChI=1S/C14H24N4O/c1-9-5-11(7-14(3,4)6-9)19-13-10(2)12(18-15)16-8-17-13/h8-9,11H,5-7,15H2,1-4H3,(H,16,17,18). The lowest BCUT2D eigenvalue weighted by atomic mass is 9.71. The molecule has 1 aromatic rings. The number of ether oxygens (including phenoxy) is 1. The lowest BCUT2D eigenvalue weighted by Gasteiger charge is -2.38. The van der Waals surface area contributed by atoms with E-state index in [0.29, 0.717) is 23.0 Å². The summed E-state index contributed by atoms with van der Waals surface area (Å²) in [6, 6.07) is 0. The second-order valence-corrected chi connectivity index (χ2v) is 6.45. The first-order valence-electron chi connectivity index (χ1n) is 6.86. The molecule has 1 aliphatic carbocycles. The van der Waals surface area contributed by atoms with Crippen molar-refractivity contribution >= 4 is 5.82 Å². The molecule has 1 aliphatic rings. The smallest absolute Gasteiger partial charge is 0.221 e. The molecule has 1 fully saturated rings. The van der Waals surface area contributed by atoms with Gasteiger partial charge < -0.3 is 10.2 Å². The quantitative estimate of drug-likeness (QED) is 0.648. The van der Waals surface area contributed by atoms with Crippen molar-refractivity contribution in [2.45, 2.75) is 53.1 Å². The lowest BCUT2D eigenvalue weighted by molar-refractivity contribution is 0.0527. The average molecular weight is 264 g/mol. The van der Waals surface area contributed by atoms with Gasteiger partial charge in [0.2, 0.25) is 5.88 Å². The van der Waals surface area contributed by atoms with Crippen molar-refractivity contribution in [2.75, 3.05) is 5.43 Å². The minimum atomic E-state index is 0.220. The van der Waals surface area contributed by atoms with Gasteiger partial charge in [0.1, 0.15) is 18.2 Å².